The van der Waals surface area contributed by atoms with E-state index >= 15 is 0 Å². The Morgan fingerprint density at radius 3 is 2.55 bits per heavy atom. The lowest BCUT2D eigenvalue weighted by molar-refractivity contribution is -0.125. The molecule has 6 nitrogen and oxygen atoms in total. The lowest BCUT2D eigenvalue weighted by Crippen LogP contribution is -2.27. The van der Waals surface area contributed by atoms with Crippen LogP contribution in [-0.4, -0.2) is 23.0 Å². The molecule has 2 amide bonds. The standard InChI is InChI=1S/C26H24N2O4S/c1-15-9-10-16(2)20(13-15)27-25(30)23(18-7-5-4-6-8-18)32-26(31)19-11-12-22-21(14-19)28-24(29)17(3)33-22/h4-14,17,23H,1-3H3,(H,27,30)(H,28,29). The van der Waals surface area contributed by atoms with E-state index in [4.69, 9.17) is 4.74 Å². The molecule has 168 valence electrons. The Labute approximate surface area is 196 Å². The quantitative estimate of drug-likeness (QED) is 0.507. The van der Waals surface area contributed by atoms with E-state index in [2.05, 4.69) is 10.6 Å². The molecular weight excluding hydrogens is 436 g/mol. The number of amides is 2. The Kier molecular flexibility index (Phi) is 6.51. The maximum atomic E-state index is 13.2. The number of nitrogens with one attached hydrogen (secondary N) is 2. The molecule has 0 spiro atoms. The second-order valence-corrected chi connectivity index (χ2v) is 9.35. The van der Waals surface area contributed by atoms with Gasteiger partial charge in [-0.15, -0.1) is 11.8 Å². The summed E-state index contributed by atoms with van der Waals surface area (Å²) in [5.41, 5.74) is 3.96. The van der Waals surface area contributed by atoms with Gasteiger partial charge in [-0.05, 0) is 56.2 Å². The zero-order valence-electron chi connectivity index (χ0n) is 18.5. The summed E-state index contributed by atoms with van der Waals surface area (Å²) < 4.78 is 5.70. The molecule has 0 radical (unpaired) electrons. The highest BCUT2D eigenvalue weighted by Gasteiger charge is 2.28. The maximum absolute atomic E-state index is 13.2. The SMILES string of the molecule is Cc1ccc(C)c(NC(=O)C(OC(=O)c2ccc3c(c2)NC(=O)C(C)S3)c2ccccc2)c1. The van der Waals surface area contributed by atoms with E-state index in [1.54, 1.807) is 42.5 Å². The number of benzene rings is 3. The molecule has 2 atom stereocenters. The van der Waals surface area contributed by atoms with Crippen LogP contribution in [-0.2, 0) is 14.3 Å². The normalized spacial score (nSPS) is 15.7. The molecule has 0 saturated heterocycles. The Bertz CT molecular complexity index is 1230. The summed E-state index contributed by atoms with van der Waals surface area (Å²) in [6.45, 7) is 5.67. The van der Waals surface area contributed by atoms with Crippen molar-refractivity contribution >= 4 is 40.9 Å². The summed E-state index contributed by atoms with van der Waals surface area (Å²) in [7, 11) is 0. The topological polar surface area (TPSA) is 84.5 Å². The molecule has 4 rings (SSSR count). The first-order valence-corrected chi connectivity index (χ1v) is 11.5. The fourth-order valence-electron chi connectivity index (χ4n) is 3.48. The van der Waals surface area contributed by atoms with Gasteiger partial charge in [0.25, 0.3) is 5.91 Å². The largest absolute Gasteiger partial charge is 0.444 e. The number of thioether (sulfide) groups is 1. The number of hydrogen-bond donors (Lipinski definition) is 2. The highest BCUT2D eigenvalue weighted by Crippen LogP contribution is 2.36. The number of anilines is 2. The fraction of sp³-hybridized carbons (Fsp3) is 0.192. The van der Waals surface area contributed by atoms with Crippen molar-refractivity contribution in [1.82, 2.24) is 0 Å². The van der Waals surface area contributed by atoms with Crippen LogP contribution in [0.5, 0.6) is 0 Å². The van der Waals surface area contributed by atoms with Crippen molar-refractivity contribution in [3.8, 4) is 0 Å². The van der Waals surface area contributed by atoms with E-state index in [0.717, 1.165) is 16.0 Å². The molecule has 2 N–H and O–H groups in total. The van der Waals surface area contributed by atoms with E-state index < -0.39 is 18.0 Å². The molecule has 3 aromatic carbocycles. The molecule has 1 heterocycles. The average molecular weight is 461 g/mol. The number of rotatable bonds is 5. The van der Waals surface area contributed by atoms with Crippen LogP contribution >= 0.6 is 11.8 Å². The third kappa shape index (κ3) is 5.09. The van der Waals surface area contributed by atoms with Crippen LogP contribution in [0, 0.1) is 13.8 Å². The van der Waals surface area contributed by atoms with Gasteiger partial charge < -0.3 is 15.4 Å². The number of aryl methyl sites for hydroxylation is 2. The molecule has 0 bridgehead atoms. The Hall–Kier alpha value is -3.58. The monoisotopic (exact) mass is 460 g/mol. The Morgan fingerprint density at radius 2 is 1.79 bits per heavy atom. The molecule has 0 aromatic heterocycles. The molecule has 33 heavy (non-hydrogen) atoms. The smallest absolute Gasteiger partial charge is 0.339 e. The number of carbonyl (C=O) groups is 3. The fourth-order valence-corrected chi connectivity index (χ4v) is 4.41. The van der Waals surface area contributed by atoms with E-state index in [0.29, 0.717) is 16.9 Å². The molecule has 0 fully saturated rings. The van der Waals surface area contributed by atoms with Gasteiger partial charge in [-0.2, -0.15) is 0 Å². The summed E-state index contributed by atoms with van der Waals surface area (Å²) in [6, 6.07) is 19.7. The second kappa shape index (κ2) is 9.50. The zero-order chi connectivity index (χ0) is 23.5. The molecule has 1 aliphatic rings. The van der Waals surface area contributed by atoms with Crippen LogP contribution in [0.15, 0.2) is 71.6 Å². The van der Waals surface area contributed by atoms with E-state index in [1.807, 2.05) is 45.0 Å². The minimum atomic E-state index is -1.14. The summed E-state index contributed by atoms with van der Waals surface area (Å²) in [6.07, 6.45) is -1.14. The number of ether oxygens (including phenoxy) is 1. The molecule has 0 aliphatic carbocycles. The summed E-state index contributed by atoms with van der Waals surface area (Å²) in [4.78, 5) is 39.1. The van der Waals surface area contributed by atoms with Crippen molar-refractivity contribution in [2.75, 3.05) is 10.6 Å². The summed E-state index contributed by atoms with van der Waals surface area (Å²) in [5, 5.41) is 5.50. The van der Waals surface area contributed by atoms with Crippen LogP contribution in [0.25, 0.3) is 0 Å². The number of hydrogen-bond acceptors (Lipinski definition) is 5. The predicted molar refractivity (Wildman–Crippen MR) is 130 cm³/mol. The van der Waals surface area contributed by atoms with Crippen molar-refractivity contribution in [1.29, 1.82) is 0 Å². The van der Waals surface area contributed by atoms with Crippen LogP contribution in [0.4, 0.5) is 11.4 Å². The van der Waals surface area contributed by atoms with Crippen LogP contribution in [0.1, 0.15) is 40.1 Å². The van der Waals surface area contributed by atoms with E-state index in [1.165, 1.54) is 11.8 Å². The van der Waals surface area contributed by atoms with Gasteiger partial charge in [-0.25, -0.2) is 4.79 Å². The first-order valence-electron chi connectivity index (χ1n) is 10.6. The van der Waals surface area contributed by atoms with Gasteiger partial charge in [0, 0.05) is 16.1 Å². The van der Waals surface area contributed by atoms with Gasteiger partial charge in [-0.1, -0.05) is 42.5 Å². The van der Waals surface area contributed by atoms with Crippen molar-refractivity contribution in [3.63, 3.8) is 0 Å². The van der Waals surface area contributed by atoms with Gasteiger partial charge in [0.15, 0.2) is 0 Å². The zero-order valence-corrected chi connectivity index (χ0v) is 19.4. The number of carbonyl (C=O) groups excluding carboxylic acids is 3. The number of esters is 1. The minimum absolute atomic E-state index is 0.118. The third-order valence-electron chi connectivity index (χ3n) is 5.36. The van der Waals surface area contributed by atoms with E-state index in [-0.39, 0.29) is 16.7 Å². The highest BCUT2D eigenvalue weighted by molar-refractivity contribution is 8.00. The van der Waals surface area contributed by atoms with Gasteiger partial charge in [-0.3, -0.25) is 9.59 Å². The second-order valence-electron chi connectivity index (χ2n) is 7.96. The van der Waals surface area contributed by atoms with Gasteiger partial charge in [0.1, 0.15) is 0 Å². The van der Waals surface area contributed by atoms with E-state index in [9.17, 15) is 14.4 Å². The average Bonchev–Trinajstić information content (AvgIpc) is 2.80. The van der Waals surface area contributed by atoms with Gasteiger partial charge in [0.2, 0.25) is 12.0 Å². The molecule has 7 heteroatoms. The molecular formula is C26H24N2O4S. The van der Waals surface area contributed by atoms with Crippen LogP contribution < -0.4 is 10.6 Å². The maximum Gasteiger partial charge on any atom is 0.339 e. The van der Waals surface area contributed by atoms with Crippen molar-refractivity contribution in [2.45, 2.75) is 37.0 Å². The first kappa shape index (κ1) is 22.6. The van der Waals surface area contributed by atoms with Gasteiger partial charge in [0.05, 0.1) is 16.5 Å². The lowest BCUT2D eigenvalue weighted by Gasteiger charge is -2.22. The lowest BCUT2D eigenvalue weighted by atomic mass is 10.1. The Balaban J connectivity index is 1.59. The molecule has 3 aromatic rings. The van der Waals surface area contributed by atoms with Crippen molar-refractivity contribution in [3.05, 3.63) is 89.0 Å². The van der Waals surface area contributed by atoms with Crippen molar-refractivity contribution < 1.29 is 19.1 Å². The molecule has 2 unspecified atom stereocenters. The molecule has 0 saturated carbocycles. The molecule has 1 aliphatic heterocycles. The predicted octanol–water partition coefficient (Wildman–Crippen LogP) is 5.27. The minimum Gasteiger partial charge on any atom is -0.444 e. The summed E-state index contributed by atoms with van der Waals surface area (Å²) >= 11 is 1.43. The van der Waals surface area contributed by atoms with Crippen molar-refractivity contribution in [2.24, 2.45) is 0 Å². The van der Waals surface area contributed by atoms with Crippen LogP contribution in [0.3, 0.4) is 0 Å². The third-order valence-corrected chi connectivity index (χ3v) is 6.54. The number of fused-ring (bicyclic) bond motifs is 1. The Morgan fingerprint density at radius 1 is 1.03 bits per heavy atom. The van der Waals surface area contributed by atoms with Gasteiger partial charge >= 0.3 is 5.97 Å². The summed E-state index contributed by atoms with van der Waals surface area (Å²) in [5.74, 6) is -1.22. The van der Waals surface area contributed by atoms with Crippen LogP contribution in [0.2, 0.25) is 0 Å². The highest BCUT2D eigenvalue weighted by atomic mass is 32.2. The first-order chi connectivity index (χ1) is 15.8.